The highest BCUT2D eigenvalue weighted by Crippen LogP contribution is 2.35. The van der Waals surface area contributed by atoms with Crippen molar-refractivity contribution in [3.05, 3.63) is 64.7 Å². The highest BCUT2D eigenvalue weighted by Gasteiger charge is 2.28. The first-order valence-electron chi connectivity index (χ1n) is 12.3. The molecule has 0 unspecified atom stereocenters. The summed E-state index contributed by atoms with van der Waals surface area (Å²) in [5.41, 5.74) is 4.05. The molecule has 182 valence electrons. The summed E-state index contributed by atoms with van der Waals surface area (Å²) in [6, 6.07) is 16.2. The number of aromatic nitrogens is 1. The molecular formula is C28H31N3O3S. The number of ether oxygens (including phenoxy) is 1. The van der Waals surface area contributed by atoms with Crippen molar-refractivity contribution in [2.45, 2.75) is 32.6 Å². The average molecular weight is 490 g/mol. The Labute approximate surface area is 210 Å². The van der Waals surface area contributed by atoms with Gasteiger partial charge in [-0.2, -0.15) is 0 Å². The minimum absolute atomic E-state index is 0.0603. The first-order chi connectivity index (χ1) is 17.1. The maximum atomic E-state index is 13.1. The van der Waals surface area contributed by atoms with Crippen molar-refractivity contribution in [2.75, 3.05) is 38.2 Å². The van der Waals surface area contributed by atoms with Crippen LogP contribution in [0.15, 0.2) is 58.3 Å². The van der Waals surface area contributed by atoms with Crippen LogP contribution in [0.3, 0.4) is 0 Å². The third kappa shape index (κ3) is 4.65. The summed E-state index contributed by atoms with van der Waals surface area (Å²) < 4.78 is 11.2. The summed E-state index contributed by atoms with van der Waals surface area (Å²) in [5.74, 6) is 1.33. The van der Waals surface area contributed by atoms with Gasteiger partial charge in [0.15, 0.2) is 17.1 Å². The fourth-order valence-corrected chi connectivity index (χ4v) is 5.83. The number of piperidine rings is 1. The molecule has 7 heteroatoms. The highest BCUT2D eigenvalue weighted by molar-refractivity contribution is 7.10. The van der Waals surface area contributed by atoms with Crippen molar-refractivity contribution >= 4 is 33.9 Å². The van der Waals surface area contributed by atoms with Gasteiger partial charge in [-0.05, 0) is 51.0 Å². The summed E-state index contributed by atoms with van der Waals surface area (Å²) in [6.07, 6.45) is 1.81. The molecule has 0 N–H and O–H groups in total. The second-order valence-electron chi connectivity index (χ2n) is 8.85. The molecule has 4 aromatic rings. The number of amides is 1. The maximum Gasteiger partial charge on any atom is 0.289 e. The van der Waals surface area contributed by atoms with Gasteiger partial charge in [-0.15, -0.1) is 11.3 Å². The van der Waals surface area contributed by atoms with Crippen molar-refractivity contribution in [1.29, 1.82) is 0 Å². The average Bonchev–Trinajstić information content (AvgIpc) is 3.57. The summed E-state index contributed by atoms with van der Waals surface area (Å²) >= 11 is 1.73. The normalized spacial score (nSPS) is 14.4. The molecule has 0 radical (unpaired) electrons. The monoisotopic (exact) mass is 489 g/mol. The molecule has 3 heterocycles. The molecule has 1 aliphatic heterocycles. The topological polar surface area (TPSA) is 58.8 Å². The third-order valence-electron chi connectivity index (χ3n) is 6.88. The molecule has 0 aliphatic carbocycles. The van der Waals surface area contributed by atoms with Crippen LogP contribution in [0.25, 0.3) is 22.2 Å². The van der Waals surface area contributed by atoms with E-state index < -0.39 is 0 Å². The Morgan fingerprint density at radius 3 is 2.57 bits per heavy atom. The maximum absolute atomic E-state index is 13.1. The molecule has 0 spiro atoms. The van der Waals surface area contributed by atoms with Gasteiger partial charge in [-0.3, -0.25) is 4.79 Å². The van der Waals surface area contributed by atoms with Gasteiger partial charge >= 0.3 is 0 Å². The smallest absolute Gasteiger partial charge is 0.289 e. The standard InChI is InChI=1S/C28H31N3O3S/c1-4-30(5-2)22-11-9-19(10-12-22)23-18-35-27(29-23)20-13-15-31(16-14-20)28(32)25-17-21-7-6-8-24(33-3)26(21)34-25/h6-12,17-18,20H,4-5,13-16H2,1-3H3. The minimum atomic E-state index is -0.0603. The molecular weight excluding hydrogens is 458 g/mol. The van der Waals surface area contributed by atoms with Gasteiger partial charge in [-0.1, -0.05) is 24.3 Å². The van der Waals surface area contributed by atoms with E-state index >= 15 is 0 Å². The fraction of sp³-hybridized carbons (Fsp3) is 0.357. The number of nitrogens with zero attached hydrogens (tertiary/aromatic N) is 3. The lowest BCUT2D eigenvalue weighted by Crippen LogP contribution is -2.37. The molecule has 5 rings (SSSR count). The van der Waals surface area contributed by atoms with E-state index in [9.17, 15) is 4.79 Å². The van der Waals surface area contributed by atoms with Crippen LogP contribution in [0.2, 0.25) is 0 Å². The van der Waals surface area contributed by atoms with Crippen molar-refractivity contribution in [2.24, 2.45) is 0 Å². The van der Waals surface area contributed by atoms with E-state index in [1.807, 2.05) is 29.2 Å². The van der Waals surface area contributed by atoms with Crippen LogP contribution in [0.1, 0.15) is 48.2 Å². The number of hydrogen-bond acceptors (Lipinski definition) is 6. The van der Waals surface area contributed by atoms with Crippen molar-refractivity contribution in [1.82, 2.24) is 9.88 Å². The first-order valence-corrected chi connectivity index (χ1v) is 13.2. The van der Waals surface area contributed by atoms with Gasteiger partial charge in [0, 0.05) is 54.1 Å². The van der Waals surface area contributed by atoms with Crippen LogP contribution in [0.4, 0.5) is 5.69 Å². The third-order valence-corrected chi connectivity index (χ3v) is 7.89. The van der Waals surface area contributed by atoms with Crippen LogP contribution in [0.5, 0.6) is 5.75 Å². The van der Waals surface area contributed by atoms with Gasteiger partial charge in [0.2, 0.25) is 0 Å². The van der Waals surface area contributed by atoms with E-state index in [2.05, 4.69) is 48.4 Å². The molecule has 35 heavy (non-hydrogen) atoms. The SMILES string of the molecule is CCN(CC)c1ccc(-c2csc(C3CCN(C(=O)c4cc5cccc(OC)c5o4)CC3)n2)cc1. The van der Waals surface area contributed by atoms with Crippen LogP contribution in [-0.4, -0.2) is 49.1 Å². The molecule has 0 saturated carbocycles. The lowest BCUT2D eigenvalue weighted by Gasteiger charge is -2.30. The molecule has 2 aromatic carbocycles. The number of carbonyl (C=O) groups is 1. The van der Waals surface area contributed by atoms with E-state index in [-0.39, 0.29) is 5.91 Å². The van der Waals surface area contributed by atoms with E-state index in [0.717, 1.165) is 47.6 Å². The molecule has 1 amide bonds. The Bertz CT molecular complexity index is 1300. The van der Waals surface area contributed by atoms with Gasteiger partial charge in [0.1, 0.15) is 0 Å². The van der Waals surface area contributed by atoms with E-state index in [4.69, 9.17) is 14.1 Å². The number of carbonyl (C=O) groups excluding carboxylic acids is 1. The number of para-hydroxylation sites is 1. The Morgan fingerprint density at radius 2 is 1.89 bits per heavy atom. The Hall–Kier alpha value is -3.32. The Balaban J connectivity index is 1.23. The highest BCUT2D eigenvalue weighted by atomic mass is 32.1. The fourth-order valence-electron chi connectivity index (χ4n) is 4.83. The van der Waals surface area contributed by atoms with Crippen LogP contribution >= 0.6 is 11.3 Å². The van der Waals surface area contributed by atoms with Crippen LogP contribution in [0, 0.1) is 0 Å². The van der Waals surface area contributed by atoms with Crippen molar-refractivity contribution in [3.8, 4) is 17.0 Å². The second-order valence-corrected chi connectivity index (χ2v) is 9.74. The van der Waals surface area contributed by atoms with E-state index in [1.165, 1.54) is 5.69 Å². The molecule has 0 atom stereocenters. The van der Waals surface area contributed by atoms with Crippen LogP contribution in [-0.2, 0) is 0 Å². The summed E-state index contributed by atoms with van der Waals surface area (Å²) in [4.78, 5) is 22.3. The van der Waals surface area contributed by atoms with Crippen molar-refractivity contribution < 1.29 is 13.9 Å². The summed E-state index contributed by atoms with van der Waals surface area (Å²) in [6.45, 7) is 7.76. The quantitative estimate of drug-likeness (QED) is 0.299. The minimum Gasteiger partial charge on any atom is -0.493 e. The number of anilines is 1. The number of fused-ring (bicyclic) bond motifs is 1. The van der Waals surface area contributed by atoms with E-state index in [1.54, 1.807) is 18.4 Å². The van der Waals surface area contributed by atoms with Gasteiger partial charge in [0.05, 0.1) is 17.8 Å². The molecule has 1 aliphatic rings. The number of furan rings is 1. The van der Waals surface area contributed by atoms with Gasteiger partial charge < -0.3 is 19.0 Å². The zero-order valence-electron chi connectivity index (χ0n) is 20.5. The number of hydrogen-bond donors (Lipinski definition) is 0. The molecule has 1 fully saturated rings. The lowest BCUT2D eigenvalue weighted by atomic mass is 9.97. The van der Waals surface area contributed by atoms with Gasteiger partial charge in [-0.25, -0.2) is 4.98 Å². The molecule has 2 aromatic heterocycles. The largest absolute Gasteiger partial charge is 0.493 e. The Kier molecular flexibility index (Phi) is 6.77. The Morgan fingerprint density at radius 1 is 1.14 bits per heavy atom. The number of thiazole rings is 1. The number of methoxy groups -OCH3 is 1. The van der Waals surface area contributed by atoms with Gasteiger partial charge in [0.25, 0.3) is 5.91 Å². The van der Waals surface area contributed by atoms with Crippen molar-refractivity contribution in [3.63, 3.8) is 0 Å². The number of benzene rings is 2. The van der Waals surface area contributed by atoms with Crippen LogP contribution < -0.4 is 9.64 Å². The molecule has 6 nitrogen and oxygen atoms in total. The molecule has 0 bridgehead atoms. The lowest BCUT2D eigenvalue weighted by molar-refractivity contribution is 0.0683. The predicted molar refractivity (Wildman–Crippen MR) is 142 cm³/mol. The molecule has 1 saturated heterocycles. The first kappa shape index (κ1) is 23.4. The second kappa shape index (κ2) is 10.1. The summed E-state index contributed by atoms with van der Waals surface area (Å²) in [7, 11) is 1.61. The number of rotatable bonds is 7. The zero-order chi connectivity index (χ0) is 24.4. The van der Waals surface area contributed by atoms with E-state index in [0.29, 0.717) is 36.1 Å². The summed E-state index contributed by atoms with van der Waals surface area (Å²) in [5, 5.41) is 4.19. The predicted octanol–water partition coefficient (Wildman–Crippen LogP) is 6.43. The number of likely N-dealkylation sites (tertiary alicyclic amines) is 1. The zero-order valence-corrected chi connectivity index (χ0v) is 21.3.